The van der Waals surface area contributed by atoms with Gasteiger partial charge in [0.2, 0.25) is 0 Å². The highest BCUT2D eigenvalue weighted by molar-refractivity contribution is 5.32. The molecular formula is C15H18FN. The predicted octanol–water partition coefficient (Wildman–Crippen LogP) is 3.17. The van der Waals surface area contributed by atoms with E-state index in [1.165, 1.54) is 12.8 Å². The molecule has 1 nitrogen and oxygen atoms in total. The quantitative estimate of drug-likeness (QED) is 0.785. The summed E-state index contributed by atoms with van der Waals surface area (Å²) >= 11 is 0. The molecule has 0 heterocycles. The molecule has 1 aromatic rings. The van der Waals surface area contributed by atoms with Gasteiger partial charge in [-0.2, -0.15) is 0 Å². The highest BCUT2D eigenvalue weighted by Gasteiger charge is 2.36. The number of hydrogen-bond donors (Lipinski definition) is 1. The van der Waals surface area contributed by atoms with Gasteiger partial charge in [-0.3, -0.25) is 0 Å². The monoisotopic (exact) mass is 231 g/mol. The first-order valence-electron chi connectivity index (χ1n) is 6.44. The van der Waals surface area contributed by atoms with Crippen LogP contribution >= 0.6 is 0 Å². The molecule has 1 aromatic carbocycles. The van der Waals surface area contributed by atoms with Crippen molar-refractivity contribution in [3.05, 3.63) is 47.8 Å². The van der Waals surface area contributed by atoms with E-state index in [-0.39, 0.29) is 11.2 Å². The van der Waals surface area contributed by atoms with Crippen LogP contribution in [0.3, 0.4) is 0 Å². The lowest BCUT2D eigenvalue weighted by Gasteiger charge is -2.30. The Morgan fingerprint density at radius 3 is 2.53 bits per heavy atom. The van der Waals surface area contributed by atoms with Gasteiger partial charge < -0.3 is 5.32 Å². The van der Waals surface area contributed by atoms with Crippen molar-refractivity contribution < 1.29 is 4.39 Å². The fourth-order valence-electron chi connectivity index (χ4n) is 2.68. The van der Waals surface area contributed by atoms with E-state index in [1.807, 2.05) is 12.1 Å². The second kappa shape index (κ2) is 4.26. The Bertz CT molecular complexity index is 426. The van der Waals surface area contributed by atoms with Gasteiger partial charge in [0, 0.05) is 18.0 Å². The zero-order valence-corrected chi connectivity index (χ0v) is 9.95. The molecule has 90 valence electrons. The van der Waals surface area contributed by atoms with Crippen LogP contribution in [0.4, 0.5) is 4.39 Å². The molecule has 17 heavy (non-hydrogen) atoms. The summed E-state index contributed by atoms with van der Waals surface area (Å²) in [6.07, 6.45) is 8.82. The van der Waals surface area contributed by atoms with Gasteiger partial charge in [-0.1, -0.05) is 30.4 Å². The van der Waals surface area contributed by atoms with E-state index >= 15 is 0 Å². The SMILES string of the molecule is Fc1ccccc1C1(CNC2CC2)CC=CC1. The minimum absolute atomic E-state index is 0.0477. The standard InChI is InChI=1S/C15H18FN/c16-14-6-2-1-5-13(14)15(9-3-4-10-15)11-17-12-7-8-12/h1-6,12,17H,7-11H2. The zero-order valence-electron chi connectivity index (χ0n) is 9.95. The van der Waals surface area contributed by atoms with Gasteiger partial charge in [-0.05, 0) is 37.3 Å². The van der Waals surface area contributed by atoms with Crippen LogP contribution in [-0.4, -0.2) is 12.6 Å². The van der Waals surface area contributed by atoms with Crippen molar-refractivity contribution in [2.24, 2.45) is 0 Å². The summed E-state index contributed by atoms with van der Waals surface area (Å²) in [4.78, 5) is 0. The van der Waals surface area contributed by atoms with Crippen LogP contribution < -0.4 is 5.32 Å². The molecule has 0 bridgehead atoms. The molecule has 0 radical (unpaired) electrons. The Balaban J connectivity index is 1.85. The largest absolute Gasteiger partial charge is 0.313 e. The van der Waals surface area contributed by atoms with Crippen molar-refractivity contribution in [2.75, 3.05) is 6.54 Å². The van der Waals surface area contributed by atoms with Gasteiger partial charge >= 0.3 is 0 Å². The van der Waals surface area contributed by atoms with Crippen molar-refractivity contribution in [3.8, 4) is 0 Å². The third kappa shape index (κ3) is 2.14. The summed E-state index contributed by atoms with van der Waals surface area (Å²) in [5.74, 6) is -0.0613. The van der Waals surface area contributed by atoms with Gasteiger partial charge in [-0.15, -0.1) is 0 Å². The minimum atomic E-state index is -0.0613. The molecule has 3 rings (SSSR count). The van der Waals surface area contributed by atoms with Crippen LogP contribution in [0.25, 0.3) is 0 Å². The van der Waals surface area contributed by atoms with Gasteiger partial charge in [-0.25, -0.2) is 4.39 Å². The number of nitrogens with one attached hydrogen (secondary N) is 1. The molecule has 0 aromatic heterocycles. The van der Waals surface area contributed by atoms with Crippen molar-refractivity contribution in [1.29, 1.82) is 0 Å². The van der Waals surface area contributed by atoms with E-state index in [9.17, 15) is 4.39 Å². The fraction of sp³-hybridized carbons (Fsp3) is 0.467. The highest BCUT2D eigenvalue weighted by Crippen LogP contribution is 2.38. The normalized spacial score (nSPS) is 21.9. The molecule has 0 saturated heterocycles. The average Bonchev–Trinajstić information content (AvgIpc) is 3.06. The van der Waals surface area contributed by atoms with Crippen LogP contribution in [0.5, 0.6) is 0 Å². The summed E-state index contributed by atoms with van der Waals surface area (Å²) in [5.41, 5.74) is 0.826. The number of hydrogen-bond acceptors (Lipinski definition) is 1. The summed E-state index contributed by atoms with van der Waals surface area (Å²) < 4.78 is 14.0. The Kier molecular flexibility index (Phi) is 2.75. The predicted molar refractivity (Wildman–Crippen MR) is 67.5 cm³/mol. The molecule has 0 unspecified atom stereocenters. The lowest BCUT2D eigenvalue weighted by Crippen LogP contribution is -2.37. The first-order valence-corrected chi connectivity index (χ1v) is 6.44. The van der Waals surface area contributed by atoms with Crippen LogP contribution in [0.1, 0.15) is 31.2 Å². The van der Waals surface area contributed by atoms with E-state index in [4.69, 9.17) is 0 Å². The summed E-state index contributed by atoms with van der Waals surface area (Å²) in [5, 5.41) is 3.56. The summed E-state index contributed by atoms with van der Waals surface area (Å²) in [6, 6.07) is 7.90. The minimum Gasteiger partial charge on any atom is -0.313 e. The summed E-state index contributed by atoms with van der Waals surface area (Å²) in [7, 11) is 0. The average molecular weight is 231 g/mol. The maximum absolute atomic E-state index is 14.0. The molecule has 2 heteroatoms. The van der Waals surface area contributed by atoms with Crippen LogP contribution in [-0.2, 0) is 5.41 Å². The Labute approximate surface area is 102 Å². The Hall–Kier alpha value is -1.15. The van der Waals surface area contributed by atoms with Crippen LogP contribution in [0.2, 0.25) is 0 Å². The molecular weight excluding hydrogens is 213 g/mol. The number of rotatable bonds is 4. The van der Waals surface area contributed by atoms with E-state index in [0.717, 1.165) is 24.9 Å². The number of benzene rings is 1. The topological polar surface area (TPSA) is 12.0 Å². The molecule has 1 N–H and O–H groups in total. The van der Waals surface area contributed by atoms with E-state index in [2.05, 4.69) is 17.5 Å². The lowest BCUT2D eigenvalue weighted by molar-refractivity contribution is 0.398. The zero-order chi connectivity index (χ0) is 11.7. The first kappa shape index (κ1) is 11.0. The number of allylic oxidation sites excluding steroid dienone is 2. The first-order chi connectivity index (χ1) is 8.30. The maximum atomic E-state index is 14.0. The van der Waals surface area contributed by atoms with Crippen molar-refractivity contribution in [1.82, 2.24) is 5.32 Å². The molecule has 0 atom stereocenters. The molecule has 1 fully saturated rings. The highest BCUT2D eigenvalue weighted by atomic mass is 19.1. The Morgan fingerprint density at radius 2 is 1.88 bits per heavy atom. The molecule has 2 aliphatic carbocycles. The lowest BCUT2D eigenvalue weighted by atomic mass is 9.78. The van der Waals surface area contributed by atoms with Gasteiger partial charge in [0.15, 0.2) is 0 Å². The number of halogens is 1. The molecule has 2 aliphatic rings. The fourth-order valence-corrected chi connectivity index (χ4v) is 2.68. The molecule has 0 spiro atoms. The summed E-state index contributed by atoms with van der Waals surface area (Å²) in [6.45, 7) is 0.894. The molecule has 1 saturated carbocycles. The maximum Gasteiger partial charge on any atom is 0.127 e. The molecule has 0 amide bonds. The second-order valence-corrected chi connectivity index (χ2v) is 5.30. The third-order valence-electron chi connectivity index (χ3n) is 3.94. The Morgan fingerprint density at radius 1 is 1.18 bits per heavy atom. The van der Waals surface area contributed by atoms with E-state index in [0.29, 0.717) is 6.04 Å². The van der Waals surface area contributed by atoms with Gasteiger partial charge in [0.1, 0.15) is 5.82 Å². The van der Waals surface area contributed by atoms with Crippen molar-refractivity contribution >= 4 is 0 Å². The van der Waals surface area contributed by atoms with Crippen molar-refractivity contribution in [3.63, 3.8) is 0 Å². The van der Waals surface area contributed by atoms with Crippen LogP contribution in [0, 0.1) is 5.82 Å². The van der Waals surface area contributed by atoms with Gasteiger partial charge in [0.05, 0.1) is 0 Å². The third-order valence-corrected chi connectivity index (χ3v) is 3.94. The van der Waals surface area contributed by atoms with E-state index in [1.54, 1.807) is 12.1 Å². The molecule has 0 aliphatic heterocycles. The van der Waals surface area contributed by atoms with Gasteiger partial charge in [0.25, 0.3) is 0 Å². The smallest absolute Gasteiger partial charge is 0.127 e. The van der Waals surface area contributed by atoms with Crippen molar-refractivity contribution in [2.45, 2.75) is 37.1 Å². The van der Waals surface area contributed by atoms with Crippen LogP contribution in [0.15, 0.2) is 36.4 Å². The second-order valence-electron chi connectivity index (χ2n) is 5.30. The van der Waals surface area contributed by atoms with E-state index < -0.39 is 0 Å².